The number of hydrogen-bond acceptors (Lipinski definition) is 7. The highest BCUT2D eigenvalue weighted by Crippen LogP contribution is 2.22. The van der Waals surface area contributed by atoms with Gasteiger partial charge < -0.3 is 24.5 Å². The molecule has 0 saturated heterocycles. The van der Waals surface area contributed by atoms with E-state index in [9.17, 15) is 9.59 Å². The molecule has 1 aromatic carbocycles. The number of carbonyl (C=O) groups is 2. The summed E-state index contributed by atoms with van der Waals surface area (Å²) in [5, 5.41) is 13.9. The van der Waals surface area contributed by atoms with Crippen molar-refractivity contribution in [3.63, 3.8) is 0 Å². The molecule has 0 aliphatic rings. The Kier molecular flexibility index (Phi) is 7.38. The molecule has 36 heavy (non-hydrogen) atoms. The van der Waals surface area contributed by atoms with Crippen molar-refractivity contribution in [3.8, 4) is 11.5 Å². The fourth-order valence-corrected chi connectivity index (χ4v) is 3.47. The van der Waals surface area contributed by atoms with Crippen molar-refractivity contribution in [3.05, 3.63) is 71.7 Å². The zero-order valence-electron chi connectivity index (χ0n) is 20.6. The SMILES string of the molecule is CCOc1ccc(OCc2ccc(C(=O)Nc3cnn(CC)c3C(=O)Nc3cnn(C)c3C)o2)cc1. The second-order valence-electron chi connectivity index (χ2n) is 7.86. The van der Waals surface area contributed by atoms with E-state index in [-0.39, 0.29) is 23.7 Å². The molecule has 11 nitrogen and oxygen atoms in total. The molecule has 0 spiro atoms. The summed E-state index contributed by atoms with van der Waals surface area (Å²) in [5.41, 5.74) is 1.86. The predicted octanol–water partition coefficient (Wildman–Crippen LogP) is 4.02. The zero-order valence-corrected chi connectivity index (χ0v) is 20.6. The highest BCUT2D eigenvalue weighted by Gasteiger charge is 2.22. The van der Waals surface area contributed by atoms with Gasteiger partial charge in [0.1, 0.15) is 29.6 Å². The van der Waals surface area contributed by atoms with Crippen molar-refractivity contribution < 1.29 is 23.5 Å². The minimum absolute atomic E-state index is 0.0824. The highest BCUT2D eigenvalue weighted by atomic mass is 16.5. The van der Waals surface area contributed by atoms with E-state index in [0.717, 1.165) is 11.4 Å². The van der Waals surface area contributed by atoms with Crippen LogP contribution in [0.5, 0.6) is 11.5 Å². The van der Waals surface area contributed by atoms with Crippen LogP contribution in [0.2, 0.25) is 0 Å². The summed E-state index contributed by atoms with van der Waals surface area (Å²) in [7, 11) is 1.79. The molecule has 0 aliphatic carbocycles. The number of hydrogen-bond donors (Lipinski definition) is 2. The standard InChI is InChI=1S/C25H28N6O5/c1-5-31-23(25(33)28-20-13-26-30(4)16(20)3)21(14-27-31)29-24(32)22-12-11-19(36-22)15-35-18-9-7-17(8-10-18)34-6-2/h7-14H,5-6,15H2,1-4H3,(H,28,33)(H,29,32). The number of nitrogens with one attached hydrogen (secondary N) is 2. The summed E-state index contributed by atoms with van der Waals surface area (Å²) in [6, 6.07) is 10.4. The van der Waals surface area contributed by atoms with Gasteiger partial charge in [-0.2, -0.15) is 10.2 Å². The van der Waals surface area contributed by atoms with Crippen LogP contribution >= 0.6 is 0 Å². The Morgan fingerprint density at radius 3 is 2.22 bits per heavy atom. The summed E-state index contributed by atoms with van der Waals surface area (Å²) >= 11 is 0. The Morgan fingerprint density at radius 1 is 0.917 bits per heavy atom. The lowest BCUT2D eigenvalue weighted by atomic mass is 10.3. The minimum atomic E-state index is -0.510. The van der Waals surface area contributed by atoms with Crippen LogP contribution in [0.1, 0.15) is 46.3 Å². The van der Waals surface area contributed by atoms with E-state index in [1.807, 2.05) is 32.9 Å². The third kappa shape index (κ3) is 5.40. The molecule has 2 N–H and O–H groups in total. The minimum Gasteiger partial charge on any atom is -0.494 e. The summed E-state index contributed by atoms with van der Waals surface area (Å²) in [5.74, 6) is 1.04. The van der Waals surface area contributed by atoms with E-state index in [2.05, 4.69) is 20.8 Å². The molecule has 0 radical (unpaired) electrons. The van der Waals surface area contributed by atoms with Gasteiger partial charge in [0.05, 0.1) is 36.1 Å². The number of anilines is 2. The number of amides is 2. The van der Waals surface area contributed by atoms with Crippen molar-refractivity contribution in [1.82, 2.24) is 19.6 Å². The van der Waals surface area contributed by atoms with Crippen LogP contribution in [0, 0.1) is 6.92 Å². The first-order valence-corrected chi connectivity index (χ1v) is 11.5. The Bertz CT molecular complexity index is 1350. The number of benzene rings is 1. The van der Waals surface area contributed by atoms with Gasteiger partial charge in [0, 0.05) is 13.6 Å². The number of carbonyl (C=O) groups excluding carboxylic acids is 2. The van der Waals surface area contributed by atoms with E-state index >= 15 is 0 Å². The van der Waals surface area contributed by atoms with Crippen molar-refractivity contribution in [2.75, 3.05) is 17.2 Å². The lowest BCUT2D eigenvalue weighted by Crippen LogP contribution is -2.21. The van der Waals surface area contributed by atoms with Crippen LogP contribution in [-0.2, 0) is 20.2 Å². The molecule has 4 aromatic rings. The van der Waals surface area contributed by atoms with Gasteiger partial charge >= 0.3 is 0 Å². The molecule has 0 atom stereocenters. The second-order valence-corrected chi connectivity index (χ2v) is 7.86. The molecule has 3 aromatic heterocycles. The van der Waals surface area contributed by atoms with Gasteiger partial charge in [-0.25, -0.2) is 0 Å². The van der Waals surface area contributed by atoms with Crippen molar-refractivity contribution in [2.45, 2.75) is 33.9 Å². The summed E-state index contributed by atoms with van der Waals surface area (Å²) < 4.78 is 19.9. The molecular formula is C25H28N6O5. The lowest BCUT2D eigenvalue weighted by Gasteiger charge is -2.09. The second kappa shape index (κ2) is 10.8. The maximum Gasteiger partial charge on any atom is 0.291 e. The number of rotatable bonds is 10. The van der Waals surface area contributed by atoms with Gasteiger partial charge in [-0.05, 0) is 57.2 Å². The first-order chi connectivity index (χ1) is 17.4. The number of aromatic nitrogens is 4. The van der Waals surface area contributed by atoms with E-state index in [0.29, 0.717) is 30.3 Å². The Morgan fingerprint density at radius 2 is 1.58 bits per heavy atom. The van der Waals surface area contributed by atoms with Gasteiger partial charge in [-0.15, -0.1) is 0 Å². The molecule has 0 bridgehead atoms. The van der Waals surface area contributed by atoms with E-state index in [1.54, 1.807) is 42.2 Å². The van der Waals surface area contributed by atoms with Crippen molar-refractivity contribution in [1.29, 1.82) is 0 Å². The molecule has 4 rings (SSSR count). The van der Waals surface area contributed by atoms with Gasteiger partial charge in [0.2, 0.25) is 0 Å². The first kappa shape index (κ1) is 24.6. The van der Waals surface area contributed by atoms with Gasteiger partial charge in [0.25, 0.3) is 11.8 Å². The molecule has 0 unspecified atom stereocenters. The molecule has 3 heterocycles. The van der Waals surface area contributed by atoms with Crippen LogP contribution in [0.15, 0.2) is 53.2 Å². The van der Waals surface area contributed by atoms with E-state index in [1.165, 1.54) is 10.9 Å². The maximum atomic E-state index is 13.0. The van der Waals surface area contributed by atoms with E-state index in [4.69, 9.17) is 13.9 Å². The van der Waals surface area contributed by atoms with Crippen LogP contribution in [0.25, 0.3) is 0 Å². The first-order valence-electron chi connectivity index (χ1n) is 11.5. The van der Waals surface area contributed by atoms with Crippen LogP contribution in [-0.4, -0.2) is 38.0 Å². The van der Waals surface area contributed by atoms with E-state index < -0.39 is 11.8 Å². The molecule has 11 heteroatoms. The van der Waals surface area contributed by atoms with Gasteiger partial charge in [-0.3, -0.25) is 19.0 Å². The molecule has 188 valence electrons. The quantitative estimate of drug-likeness (QED) is 0.342. The summed E-state index contributed by atoms with van der Waals surface area (Å²) in [4.78, 5) is 25.9. The van der Waals surface area contributed by atoms with Crippen LogP contribution < -0.4 is 20.1 Å². The Balaban J connectivity index is 1.41. The van der Waals surface area contributed by atoms with Crippen molar-refractivity contribution in [2.24, 2.45) is 7.05 Å². The van der Waals surface area contributed by atoms with Crippen LogP contribution in [0.4, 0.5) is 11.4 Å². The average Bonchev–Trinajstić information content (AvgIpc) is 3.59. The molecule has 0 fully saturated rings. The maximum absolute atomic E-state index is 13.0. The lowest BCUT2D eigenvalue weighted by molar-refractivity contribution is 0.0992. The summed E-state index contributed by atoms with van der Waals surface area (Å²) in [6.07, 6.45) is 3.00. The summed E-state index contributed by atoms with van der Waals surface area (Å²) in [6.45, 7) is 6.80. The molecular weight excluding hydrogens is 464 g/mol. The number of ether oxygens (including phenoxy) is 2. The largest absolute Gasteiger partial charge is 0.494 e. The number of nitrogens with zero attached hydrogens (tertiary/aromatic N) is 4. The van der Waals surface area contributed by atoms with Gasteiger partial charge in [0.15, 0.2) is 5.76 Å². The van der Waals surface area contributed by atoms with Crippen molar-refractivity contribution >= 4 is 23.2 Å². The van der Waals surface area contributed by atoms with Gasteiger partial charge in [-0.1, -0.05) is 0 Å². The Hall–Kier alpha value is -4.54. The van der Waals surface area contributed by atoms with Crippen LogP contribution in [0.3, 0.4) is 0 Å². The topological polar surface area (TPSA) is 125 Å². The normalized spacial score (nSPS) is 10.8. The predicted molar refractivity (Wildman–Crippen MR) is 132 cm³/mol. The molecule has 2 amide bonds. The number of aryl methyl sites for hydroxylation is 2. The fraction of sp³-hybridized carbons (Fsp3) is 0.280. The molecule has 0 aliphatic heterocycles. The highest BCUT2D eigenvalue weighted by molar-refractivity contribution is 6.11. The monoisotopic (exact) mass is 492 g/mol. The third-order valence-electron chi connectivity index (χ3n) is 5.49. The Labute approximate surface area is 208 Å². The average molecular weight is 493 g/mol. The third-order valence-corrected chi connectivity index (χ3v) is 5.49. The fourth-order valence-electron chi connectivity index (χ4n) is 3.47. The molecule has 0 saturated carbocycles. The zero-order chi connectivity index (χ0) is 25.7. The smallest absolute Gasteiger partial charge is 0.291 e. The number of furan rings is 1.